The predicted octanol–water partition coefficient (Wildman–Crippen LogP) is 2.70. The molecule has 7 heteroatoms. The molecular formula is C19H20F2N2O3. The molecule has 5 nitrogen and oxygen atoms in total. The van der Waals surface area contributed by atoms with Gasteiger partial charge in [0, 0.05) is 19.6 Å². The lowest BCUT2D eigenvalue weighted by atomic mass is 10.2. The summed E-state index contributed by atoms with van der Waals surface area (Å²) in [6.07, 6.45) is -0.526. The molecule has 1 aliphatic heterocycles. The van der Waals surface area contributed by atoms with Crippen LogP contribution in [0.15, 0.2) is 42.5 Å². The number of para-hydroxylation sites is 1. The van der Waals surface area contributed by atoms with Crippen LogP contribution in [0.2, 0.25) is 0 Å². The largest absolute Gasteiger partial charge is 0.451 e. The molecule has 0 saturated carbocycles. The van der Waals surface area contributed by atoms with Crippen LogP contribution in [0.5, 0.6) is 11.5 Å². The number of halogens is 2. The molecule has 1 fully saturated rings. The fraction of sp³-hybridized carbons (Fsp3) is 0.316. The Kier molecular flexibility index (Phi) is 5.80. The number of amides is 1. The summed E-state index contributed by atoms with van der Waals surface area (Å²) >= 11 is 0. The minimum Gasteiger partial charge on any atom is -0.451 e. The fourth-order valence-electron chi connectivity index (χ4n) is 2.62. The van der Waals surface area contributed by atoms with Gasteiger partial charge in [0.25, 0.3) is 5.91 Å². The first kappa shape index (κ1) is 18.3. The van der Waals surface area contributed by atoms with Crippen molar-refractivity contribution in [2.45, 2.75) is 12.6 Å². The topological polar surface area (TPSA) is 50.8 Å². The molecule has 1 aliphatic rings. The van der Waals surface area contributed by atoms with E-state index in [1.54, 1.807) is 12.1 Å². The summed E-state index contributed by atoms with van der Waals surface area (Å²) in [4.78, 5) is 14.1. The molecular weight excluding hydrogens is 342 g/mol. The number of nitrogens with one attached hydrogen (secondary N) is 1. The van der Waals surface area contributed by atoms with Crippen LogP contribution >= 0.6 is 0 Å². The zero-order valence-corrected chi connectivity index (χ0v) is 14.4. The Hall–Kier alpha value is -2.51. The minimum absolute atomic E-state index is 0.0500. The van der Waals surface area contributed by atoms with Crippen molar-refractivity contribution in [2.24, 2.45) is 0 Å². The van der Waals surface area contributed by atoms with Gasteiger partial charge in [0.05, 0.1) is 6.61 Å². The maximum Gasteiger partial charge on any atom is 0.250 e. The van der Waals surface area contributed by atoms with E-state index in [2.05, 4.69) is 5.32 Å². The smallest absolute Gasteiger partial charge is 0.250 e. The number of carbonyl (C=O) groups is 1. The van der Waals surface area contributed by atoms with Gasteiger partial charge in [-0.25, -0.2) is 8.78 Å². The number of benzene rings is 2. The molecule has 1 unspecified atom stereocenters. The summed E-state index contributed by atoms with van der Waals surface area (Å²) in [6, 6.07) is 10.1. The van der Waals surface area contributed by atoms with Crippen LogP contribution in [-0.4, -0.2) is 43.7 Å². The number of rotatable bonds is 5. The van der Waals surface area contributed by atoms with Gasteiger partial charge in [-0.05, 0) is 36.9 Å². The molecule has 138 valence electrons. The molecule has 1 saturated heterocycles. The lowest BCUT2D eigenvalue weighted by Crippen LogP contribution is -2.48. The van der Waals surface area contributed by atoms with Crippen molar-refractivity contribution >= 4 is 5.91 Å². The van der Waals surface area contributed by atoms with Gasteiger partial charge in [-0.15, -0.1) is 0 Å². The molecule has 0 bridgehead atoms. The predicted molar refractivity (Wildman–Crippen MR) is 92.0 cm³/mol. The maximum atomic E-state index is 14.2. The normalized spacial score (nSPS) is 17.7. The van der Waals surface area contributed by atoms with E-state index in [9.17, 15) is 13.6 Å². The summed E-state index contributed by atoms with van der Waals surface area (Å²) in [5.41, 5.74) is 0.570. The van der Waals surface area contributed by atoms with Crippen LogP contribution in [0.1, 0.15) is 5.56 Å². The number of carbonyl (C=O) groups excluding carboxylic acids is 1. The van der Waals surface area contributed by atoms with Gasteiger partial charge in [-0.2, -0.15) is 0 Å². The van der Waals surface area contributed by atoms with Crippen molar-refractivity contribution in [3.63, 3.8) is 0 Å². The number of morpholine rings is 1. The average molecular weight is 362 g/mol. The van der Waals surface area contributed by atoms with Crippen molar-refractivity contribution in [3.8, 4) is 11.5 Å². The monoisotopic (exact) mass is 362 g/mol. The Labute approximate surface area is 150 Å². The van der Waals surface area contributed by atoms with E-state index in [-0.39, 0.29) is 24.0 Å². The van der Waals surface area contributed by atoms with E-state index in [1.165, 1.54) is 30.3 Å². The number of hydrogen-bond donors (Lipinski definition) is 1. The summed E-state index contributed by atoms with van der Waals surface area (Å²) in [5, 5.41) is 2.74. The molecule has 0 spiro atoms. The maximum absolute atomic E-state index is 14.2. The zero-order chi connectivity index (χ0) is 18.5. The summed E-state index contributed by atoms with van der Waals surface area (Å²) < 4.78 is 38.5. The Bertz CT molecular complexity index is 785. The van der Waals surface area contributed by atoms with Crippen LogP contribution in [0, 0.1) is 11.6 Å². The molecule has 1 N–H and O–H groups in total. The van der Waals surface area contributed by atoms with E-state index < -0.39 is 17.7 Å². The van der Waals surface area contributed by atoms with Crippen molar-refractivity contribution < 1.29 is 23.0 Å². The second kappa shape index (κ2) is 8.25. The Morgan fingerprint density at radius 3 is 2.73 bits per heavy atom. The highest BCUT2D eigenvalue weighted by Gasteiger charge is 2.24. The van der Waals surface area contributed by atoms with Gasteiger partial charge < -0.3 is 19.7 Å². The molecule has 1 atom stereocenters. The SMILES string of the molecule is CN1CCOC(C(=O)NCc2ccc(Oc3ccccc3F)c(F)c2)C1. The van der Waals surface area contributed by atoms with E-state index >= 15 is 0 Å². The minimum atomic E-state index is -0.631. The highest BCUT2D eigenvalue weighted by Crippen LogP contribution is 2.27. The Morgan fingerprint density at radius 2 is 2.00 bits per heavy atom. The summed E-state index contributed by atoms with van der Waals surface area (Å²) in [5.74, 6) is -1.56. The quantitative estimate of drug-likeness (QED) is 0.889. The first-order valence-electron chi connectivity index (χ1n) is 8.31. The fourth-order valence-corrected chi connectivity index (χ4v) is 2.62. The molecule has 0 aromatic heterocycles. The number of nitrogens with zero attached hydrogens (tertiary/aromatic N) is 1. The summed E-state index contributed by atoms with van der Waals surface area (Å²) in [6.45, 7) is 1.98. The molecule has 2 aromatic rings. The van der Waals surface area contributed by atoms with Gasteiger partial charge in [0.2, 0.25) is 0 Å². The Morgan fingerprint density at radius 1 is 1.23 bits per heavy atom. The Balaban J connectivity index is 1.59. The standard InChI is InChI=1S/C19H20F2N2O3/c1-23-8-9-25-18(12-23)19(24)22-11-13-6-7-17(15(21)10-13)26-16-5-3-2-4-14(16)20/h2-7,10,18H,8-9,11-12H2,1H3,(H,22,24). The lowest BCUT2D eigenvalue weighted by molar-refractivity contribution is -0.138. The van der Waals surface area contributed by atoms with Gasteiger partial charge in [-0.3, -0.25) is 4.79 Å². The molecule has 1 amide bonds. The average Bonchev–Trinajstić information content (AvgIpc) is 2.63. The van der Waals surface area contributed by atoms with Crippen LogP contribution in [0.4, 0.5) is 8.78 Å². The van der Waals surface area contributed by atoms with Gasteiger partial charge >= 0.3 is 0 Å². The zero-order valence-electron chi connectivity index (χ0n) is 14.4. The molecule has 0 radical (unpaired) electrons. The van der Waals surface area contributed by atoms with Crippen LogP contribution in [0.25, 0.3) is 0 Å². The third-order valence-electron chi connectivity index (χ3n) is 4.08. The second-order valence-electron chi connectivity index (χ2n) is 6.14. The van der Waals surface area contributed by atoms with Crippen molar-refractivity contribution in [1.82, 2.24) is 10.2 Å². The van der Waals surface area contributed by atoms with E-state index in [1.807, 2.05) is 11.9 Å². The van der Waals surface area contributed by atoms with E-state index in [0.717, 1.165) is 6.54 Å². The molecule has 0 aliphatic carbocycles. The summed E-state index contributed by atoms with van der Waals surface area (Å²) in [7, 11) is 1.92. The number of hydrogen-bond acceptors (Lipinski definition) is 4. The first-order chi connectivity index (χ1) is 12.5. The van der Waals surface area contributed by atoms with Gasteiger partial charge in [-0.1, -0.05) is 18.2 Å². The van der Waals surface area contributed by atoms with Crippen LogP contribution < -0.4 is 10.1 Å². The first-order valence-corrected chi connectivity index (χ1v) is 8.31. The van der Waals surface area contributed by atoms with Gasteiger partial charge in [0.15, 0.2) is 23.1 Å². The van der Waals surface area contributed by atoms with Crippen molar-refractivity contribution in [2.75, 3.05) is 26.7 Å². The van der Waals surface area contributed by atoms with Crippen molar-refractivity contribution in [1.29, 1.82) is 0 Å². The number of likely N-dealkylation sites (N-methyl/N-ethyl adjacent to an activating group) is 1. The highest BCUT2D eigenvalue weighted by atomic mass is 19.1. The van der Waals surface area contributed by atoms with Crippen molar-refractivity contribution in [3.05, 3.63) is 59.7 Å². The van der Waals surface area contributed by atoms with Crippen LogP contribution in [0.3, 0.4) is 0 Å². The third kappa shape index (κ3) is 4.56. The highest BCUT2D eigenvalue weighted by molar-refractivity contribution is 5.81. The second-order valence-corrected chi connectivity index (χ2v) is 6.14. The molecule has 26 heavy (non-hydrogen) atoms. The van der Waals surface area contributed by atoms with E-state index in [0.29, 0.717) is 18.7 Å². The third-order valence-corrected chi connectivity index (χ3v) is 4.08. The van der Waals surface area contributed by atoms with Gasteiger partial charge in [0.1, 0.15) is 6.10 Å². The van der Waals surface area contributed by atoms with E-state index in [4.69, 9.17) is 9.47 Å². The molecule has 1 heterocycles. The molecule has 3 rings (SSSR count). The lowest BCUT2D eigenvalue weighted by Gasteiger charge is -2.29. The van der Waals surface area contributed by atoms with Crippen LogP contribution in [-0.2, 0) is 16.1 Å². The number of ether oxygens (including phenoxy) is 2. The molecule has 2 aromatic carbocycles.